The summed E-state index contributed by atoms with van der Waals surface area (Å²) in [6.45, 7) is 0. The second-order valence-electron chi connectivity index (χ2n) is 5.07. The fourth-order valence-corrected chi connectivity index (χ4v) is 2.97. The van der Waals surface area contributed by atoms with Crippen molar-refractivity contribution in [1.29, 1.82) is 0 Å². The normalized spacial score (nSPS) is 15.7. The molecule has 0 bridgehead atoms. The number of rotatable bonds is 5. The summed E-state index contributed by atoms with van der Waals surface area (Å²) in [6, 6.07) is 9.93. The first-order chi connectivity index (χ1) is 9.78. The number of amides is 1. The molecule has 104 valence electrons. The van der Waals surface area contributed by atoms with E-state index >= 15 is 0 Å². The van der Waals surface area contributed by atoms with Crippen molar-refractivity contribution >= 4 is 17.2 Å². The molecule has 1 unspecified atom stereocenters. The number of methoxy groups -OCH3 is 1. The number of hydrogen-bond donors (Lipinski definition) is 1. The molecule has 1 atom stereocenters. The quantitative estimate of drug-likeness (QED) is 0.911. The maximum atomic E-state index is 12.2. The lowest BCUT2D eigenvalue weighted by Gasteiger charge is -2.19. The van der Waals surface area contributed by atoms with E-state index in [1.54, 1.807) is 18.4 Å². The van der Waals surface area contributed by atoms with E-state index in [1.807, 2.05) is 41.1 Å². The highest BCUT2D eigenvalue weighted by Crippen LogP contribution is 2.41. The molecule has 3 nitrogen and oxygen atoms in total. The Bertz CT molecular complexity index is 573. The SMILES string of the molecule is COc1ccc(C(NC(=O)c2ccsc2)C2CC2)cc1. The van der Waals surface area contributed by atoms with Gasteiger partial charge in [-0.3, -0.25) is 4.79 Å². The van der Waals surface area contributed by atoms with Gasteiger partial charge in [-0.1, -0.05) is 12.1 Å². The van der Waals surface area contributed by atoms with E-state index in [-0.39, 0.29) is 11.9 Å². The molecular formula is C16H17NO2S. The Balaban J connectivity index is 1.76. The maximum Gasteiger partial charge on any atom is 0.252 e. The fourth-order valence-electron chi connectivity index (χ4n) is 2.33. The van der Waals surface area contributed by atoms with Crippen LogP contribution in [0.15, 0.2) is 41.1 Å². The summed E-state index contributed by atoms with van der Waals surface area (Å²) >= 11 is 1.54. The van der Waals surface area contributed by atoms with Gasteiger partial charge in [-0.2, -0.15) is 11.3 Å². The van der Waals surface area contributed by atoms with Crippen LogP contribution < -0.4 is 10.1 Å². The Morgan fingerprint density at radius 3 is 2.60 bits per heavy atom. The minimum Gasteiger partial charge on any atom is -0.497 e. The molecule has 3 rings (SSSR count). The first-order valence-corrected chi connectivity index (χ1v) is 7.69. The summed E-state index contributed by atoms with van der Waals surface area (Å²) in [5.41, 5.74) is 1.89. The number of nitrogens with one attached hydrogen (secondary N) is 1. The summed E-state index contributed by atoms with van der Waals surface area (Å²) in [7, 11) is 1.66. The number of thiophene rings is 1. The molecule has 1 aliphatic rings. The van der Waals surface area contributed by atoms with Crippen LogP contribution >= 0.6 is 11.3 Å². The van der Waals surface area contributed by atoms with Crippen LogP contribution in [-0.4, -0.2) is 13.0 Å². The number of carbonyl (C=O) groups excluding carboxylic acids is 1. The first kappa shape index (κ1) is 13.2. The average Bonchev–Trinajstić information content (AvgIpc) is 3.17. The van der Waals surface area contributed by atoms with Crippen molar-refractivity contribution in [2.45, 2.75) is 18.9 Å². The second-order valence-corrected chi connectivity index (χ2v) is 5.85. The molecule has 1 amide bonds. The lowest BCUT2D eigenvalue weighted by Crippen LogP contribution is -2.29. The maximum absolute atomic E-state index is 12.2. The lowest BCUT2D eigenvalue weighted by molar-refractivity contribution is 0.0932. The van der Waals surface area contributed by atoms with Gasteiger partial charge in [-0.05, 0) is 47.9 Å². The van der Waals surface area contributed by atoms with Crippen molar-refractivity contribution in [3.8, 4) is 5.75 Å². The van der Waals surface area contributed by atoms with Crippen molar-refractivity contribution in [3.63, 3.8) is 0 Å². The van der Waals surface area contributed by atoms with Crippen LogP contribution in [0.25, 0.3) is 0 Å². The number of benzene rings is 1. The van der Waals surface area contributed by atoms with Gasteiger partial charge in [-0.15, -0.1) is 0 Å². The van der Waals surface area contributed by atoms with Crippen LogP contribution in [-0.2, 0) is 0 Å². The van der Waals surface area contributed by atoms with Gasteiger partial charge in [0.15, 0.2) is 0 Å². The number of carbonyl (C=O) groups is 1. The average molecular weight is 287 g/mol. The minimum absolute atomic E-state index is 0.0129. The van der Waals surface area contributed by atoms with Gasteiger partial charge in [-0.25, -0.2) is 0 Å². The molecule has 1 N–H and O–H groups in total. The molecule has 20 heavy (non-hydrogen) atoms. The molecule has 1 saturated carbocycles. The molecule has 1 aliphatic carbocycles. The zero-order valence-corrected chi connectivity index (χ0v) is 12.2. The largest absolute Gasteiger partial charge is 0.497 e. The highest BCUT2D eigenvalue weighted by molar-refractivity contribution is 7.08. The fraction of sp³-hybridized carbons (Fsp3) is 0.312. The predicted octanol–water partition coefficient (Wildman–Crippen LogP) is 3.64. The number of ether oxygens (including phenoxy) is 1. The van der Waals surface area contributed by atoms with Crippen LogP contribution in [0.4, 0.5) is 0 Å². The van der Waals surface area contributed by atoms with Crippen molar-refractivity contribution in [1.82, 2.24) is 5.32 Å². The van der Waals surface area contributed by atoms with E-state index in [2.05, 4.69) is 5.32 Å². The van der Waals surface area contributed by atoms with Crippen LogP contribution in [0.1, 0.15) is 34.8 Å². The summed E-state index contributed by atoms with van der Waals surface area (Å²) < 4.78 is 5.18. The van der Waals surface area contributed by atoms with Gasteiger partial charge in [0.1, 0.15) is 5.75 Å². The molecule has 1 aromatic carbocycles. The molecule has 4 heteroatoms. The zero-order valence-electron chi connectivity index (χ0n) is 11.3. The Morgan fingerprint density at radius 1 is 1.30 bits per heavy atom. The van der Waals surface area contributed by atoms with Crippen LogP contribution in [0.5, 0.6) is 5.75 Å². The molecule has 0 saturated heterocycles. The Hall–Kier alpha value is -1.81. The van der Waals surface area contributed by atoms with E-state index in [4.69, 9.17) is 4.74 Å². The predicted molar refractivity (Wildman–Crippen MR) is 80.2 cm³/mol. The highest BCUT2D eigenvalue weighted by atomic mass is 32.1. The van der Waals surface area contributed by atoms with Crippen molar-refractivity contribution < 1.29 is 9.53 Å². The molecule has 0 aliphatic heterocycles. The highest BCUT2D eigenvalue weighted by Gasteiger charge is 2.33. The van der Waals surface area contributed by atoms with Crippen molar-refractivity contribution in [2.75, 3.05) is 7.11 Å². The monoisotopic (exact) mass is 287 g/mol. The molecule has 1 fully saturated rings. The summed E-state index contributed by atoms with van der Waals surface area (Å²) in [5.74, 6) is 1.41. The molecule has 1 aromatic heterocycles. The van der Waals surface area contributed by atoms with Crippen molar-refractivity contribution in [2.24, 2.45) is 5.92 Å². The van der Waals surface area contributed by atoms with Gasteiger partial charge in [0.05, 0.1) is 18.7 Å². The number of hydrogen-bond acceptors (Lipinski definition) is 3. The van der Waals surface area contributed by atoms with Gasteiger partial charge in [0.25, 0.3) is 5.91 Å². The third-order valence-corrected chi connectivity index (χ3v) is 4.32. The molecule has 0 spiro atoms. The molecule has 2 aromatic rings. The van der Waals surface area contributed by atoms with E-state index in [0.717, 1.165) is 16.9 Å². The van der Waals surface area contributed by atoms with E-state index in [0.29, 0.717) is 5.92 Å². The Kier molecular flexibility index (Phi) is 3.74. The lowest BCUT2D eigenvalue weighted by atomic mass is 10.0. The van der Waals surface area contributed by atoms with Gasteiger partial charge >= 0.3 is 0 Å². The van der Waals surface area contributed by atoms with Crippen LogP contribution in [0.2, 0.25) is 0 Å². The zero-order chi connectivity index (χ0) is 13.9. The second kappa shape index (κ2) is 5.67. The third-order valence-electron chi connectivity index (χ3n) is 3.64. The summed E-state index contributed by atoms with van der Waals surface area (Å²) in [6.07, 6.45) is 2.36. The van der Waals surface area contributed by atoms with Gasteiger partial charge < -0.3 is 10.1 Å². The molecule has 0 radical (unpaired) electrons. The van der Waals surface area contributed by atoms with Crippen molar-refractivity contribution in [3.05, 3.63) is 52.2 Å². The Labute approximate surface area is 122 Å². The van der Waals surface area contributed by atoms with Gasteiger partial charge in [0.2, 0.25) is 0 Å². The summed E-state index contributed by atoms with van der Waals surface area (Å²) in [5, 5.41) is 6.97. The topological polar surface area (TPSA) is 38.3 Å². The van der Waals surface area contributed by atoms with E-state index in [1.165, 1.54) is 12.8 Å². The van der Waals surface area contributed by atoms with Gasteiger partial charge in [0, 0.05) is 5.38 Å². The smallest absolute Gasteiger partial charge is 0.252 e. The van der Waals surface area contributed by atoms with Crippen LogP contribution in [0, 0.1) is 5.92 Å². The minimum atomic E-state index is 0.0129. The Morgan fingerprint density at radius 2 is 2.05 bits per heavy atom. The van der Waals surface area contributed by atoms with E-state index < -0.39 is 0 Å². The first-order valence-electron chi connectivity index (χ1n) is 6.75. The molecule has 1 heterocycles. The van der Waals surface area contributed by atoms with Crippen LogP contribution in [0.3, 0.4) is 0 Å². The van der Waals surface area contributed by atoms with E-state index in [9.17, 15) is 4.79 Å². The third kappa shape index (κ3) is 2.85. The standard InChI is InChI=1S/C16H17NO2S/c1-19-14-6-4-12(5-7-14)15(11-2-3-11)17-16(18)13-8-9-20-10-13/h4-11,15H,2-3H2,1H3,(H,17,18). The molecular weight excluding hydrogens is 270 g/mol. The summed E-state index contributed by atoms with van der Waals surface area (Å²) in [4.78, 5) is 12.2.